The summed E-state index contributed by atoms with van der Waals surface area (Å²) in [6, 6.07) is 6.88. The van der Waals surface area contributed by atoms with Gasteiger partial charge in [-0.2, -0.15) is 5.10 Å². The number of nitrogens with one attached hydrogen (secondary N) is 2. The summed E-state index contributed by atoms with van der Waals surface area (Å²) in [6.45, 7) is 3.30. The maximum absolute atomic E-state index is 11.9. The molecule has 1 heterocycles. The number of esters is 1. The molecule has 0 bridgehead atoms. The van der Waals surface area contributed by atoms with Gasteiger partial charge in [0, 0.05) is 25.2 Å². The fraction of sp³-hybridized carbons (Fsp3) is 0.368. The number of urea groups is 1. The monoisotopic (exact) mass is 388 g/mol. The van der Waals surface area contributed by atoms with Gasteiger partial charge in [-0.3, -0.25) is 14.9 Å². The first-order valence-corrected chi connectivity index (χ1v) is 8.72. The van der Waals surface area contributed by atoms with Crippen LogP contribution in [-0.2, 0) is 20.7 Å². The van der Waals surface area contributed by atoms with Crippen LogP contribution in [0.1, 0.15) is 23.4 Å². The van der Waals surface area contributed by atoms with Gasteiger partial charge in [-0.15, -0.1) is 0 Å². The lowest BCUT2D eigenvalue weighted by atomic mass is 10.1. The first kappa shape index (κ1) is 20.9. The van der Waals surface area contributed by atoms with Crippen LogP contribution in [0.15, 0.2) is 24.3 Å². The molecule has 2 rings (SSSR count). The number of rotatable bonds is 7. The second-order valence-electron chi connectivity index (χ2n) is 6.05. The topological polar surface area (TPSA) is 112 Å². The molecule has 0 fully saturated rings. The maximum atomic E-state index is 11.9. The third kappa shape index (κ3) is 5.32. The molecule has 150 valence electrons. The minimum atomic E-state index is -0.689. The van der Waals surface area contributed by atoms with E-state index in [1.54, 1.807) is 11.8 Å². The SMILES string of the molecule is CNC(=O)NC(=O)COC(=O)CCc1c(C)nn(-c2cccc(OC)c2)c1C. The van der Waals surface area contributed by atoms with Crippen LogP contribution in [0, 0.1) is 13.8 Å². The molecule has 0 atom stereocenters. The van der Waals surface area contributed by atoms with Crippen molar-refractivity contribution >= 4 is 17.9 Å². The van der Waals surface area contributed by atoms with Crippen molar-refractivity contribution in [3.63, 3.8) is 0 Å². The Bertz CT molecular complexity index is 875. The highest BCUT2D eigenvalue weighted by Crippen LogP contribution is 2.22. The fourth-order valence-electron chi connectivity index (χ4n) is 2.70. The van der Waals surface area contributed by atoms with Gasteiger partial charge in [0.2, 0.25) is 0 Å². The van der Waals surface area contributed by atoms with Gasteiger partial charge in [0.1, 0.15) is 5.75 Å². The minimum Gasteiger partial charge on any atom is -0.497 e. The van der Waals surface area contributed by atoms with Gasteiger partial charge in [-0.1, -0.05) is 6.07 Å². The van der Waals surface area contributed by atoms with E-state index in [0.717, 1.165) is 28.4 Å². The van der Waals surface area contributed by atoms with Crippen LogP contribution in [-0.4, -0.2) is 48.5 Å². The average molecular weight is 388 g/mol. The van der Waals surface area contributed by atoms with Crippen molar-refractivity contribution in [2.45, 2.75) is 26.7 Å². The summed E-state index contributed by atoms with van der Waals surface area (Å²) in [7, 11) is 2.98. The third-order valence-electron chi connectivity index (χ3n) is 4.16. The molecule has 0 saturated carbocycles. The molecule has 28 heavy (non-hydrogen) atoms. The van der Waals surface area contributed by atoms with E-state index in [2.05, 4.69) is 10.4 Å². The van der Waals surface area contributed by atoms with Gasteiger partial charge in [0.25, 0.3) is 5.91 Å². The predicted octanol–water partition coefficient (Wildman–Crippen LogP) is 1.43. The molecule has 0 spiro atoms. The molecule has 0 aliphatic heterocycles. The summed E-state index contributed by atoms with van der Waals surface area (Å²) in [4.78, 5) is 34.4. The first-order valence-electron chi connectivity index (χ1n) is 8.72. The van der Waals surface area contributed by atoms with Crippen molar-refractivity contribution in [3.05, 3.63) is 41.2 Å². The van der Waals surface area contributed by atoms with Gasteiger partial charge in [-0.05, 0) is 38.0 Å². The zero-order valence-electron chi connectivity index (χ0n) is 16.4. The van der Waals surface area contributed by atoms with E-state index in [1.807, 2.05) is 43.4 Å². The van der Waals surface area contributed by atoms with Crippen LogP contribution in [0.5, 0.6) is 5.75 Å². The van der Waals surface area contributed by atoms with E-state index in [1.165, 1.54) is 7.05 Å². The molecule has 1 aromatic heterocycles. The Kier molecular flexibility index (Phi) is 7.14. The molecular weight excluding hydrogens is 364 g/mol. The largest absolute Gasteiger partial charge is 0.497 e. The number of methoxy groups -OCH3 is 1. The van der Waals surface area contributed by atoms with Gasteiger partial charge >= 0.3 is 12.0 Å². The number of nitrogens with zero attached hydrogens (tertiary/aromatic N) is 2. The molecule has 0 radical (unpaired) electrons. The number of aryl methyl sites for hydroxylation is 1. The molecule has 3 amide bonds. The minimum absolute atomic E-state index is 0.0960. The van der Waals surface area contributed by atoms with Crippen LogP contribution in [0.2, 0.25) is 0 Å². The fourth-order valence-corrected chi connectivity index (χ4v) is 2.70. The predicted molar refractivity (Wildman–Crippen MR) is 101 cm³/mol. The van der Waals surface area contributed by atoms with Crippen molar-refractivity contribution in [1.29, 1.82) is 0 Å². The number of hydrogen-bond donors (Lipinski definition) is 2. The number of benzene rings is 1. The van der Waals surface area contributed by atoms with E-state index >= 15 is 0 Å². The van der Waals surface area contributed by atoms with Crippen molar-refractivity contribution in [3.8, 4) is 11.4 Å². The second kappa shape index (κ2) is 9.54. The van der Waals surface area contributed by atoms with Crippen molar-refractivity contribution in [2.24, 2.45) is 0 Å². The first-order chi connectivity index (χ1) is 13.3. The molecule has 2 aromatic rings. The molecule has 1 aromatic carbocycles. The van der Waals surface area contributed by atoms with Crippen LogP contribution < -0.4 is 15.4 Å². The Balaban J connectivity index is 1.97. The number of imide groups is 1. The molecule has 9 heteroatoms. The summed E-state index contributed by atoms with van der Waals surface area (Å²) >= 11 is 0. The molecule has 0 unspecified atom stereocenters. The maximum Gasteiger partial charge on any atom is 0.321 e. The highest BCUT2D eigenvalue weighted by molar-refractivity contribution is 5.95. The number of aromatic nitrogens is 2. The summed E-state index contributed by atoms with van der Waals surface area (Å²) in [5, 5.41) is 8.81. The van der Waals surface area contributed by atoms with Crippen LogP contribution >= 0.6 is 0 Å². The Hall–Kier alpha value is -3.36. The second-order valence-corrected chi connectivity index (χ2v) is 6.05. The normalized spacial score (nSPS) is 10.3. The van der Waals surface area contributed by atoms with Crippen LogP contribution in [0.3, 0.4) is 0 Å². The zero-order valence-corrected chi connectivity index (χ0v) is 16.4. The van der Waals surface area contributed by atoms with Crippen LogP contribution in [0.25, 0.3) is 5.69 Å². The van der Waals surface area contributed by atoms with E-state index in [4.69, 9.17) is 9.47 Å². The van der Waals surface area contributed by atoms with Gasteiger partial charge in [-0.25, -0.2) is 9.48 Å². The van der Waals surface area contributed by atoms with E-state index in [0.29, 0.717) is 6.42 Å². The summed E-state index contributed by atoms with van der Waals surface area (Å²) < 4.78 is 11.9. The Morgan fingerprint density at radius 2 is 1.96 bits per heavy atom. The molecule has 2 N–H and O–H groups in total. The molecule has 0 aliphatic carbocycles. The average Bonchev–Trinajstić information content (AvgIpc) is 2.98. The lowest BCUT2D eigenvalue weighted by Crippen LogP contribution is -2.39. The van der Waals surface area contributed by atoms with Crippen molar-refractivity contribution in [1.82, 2.24) is 20.4 Å². The van der Waals surface area contributed by atoms with Gasteiger partial charge < -0.3 is 14.8 Å². The molecular formula is C19H24N4O5. The van der Waals surface area contributed by atoms with E-state index in [-0.39, 0.29) is 6.42 Å². The van der Waals surface area contributed by atoms with Gasteiger partial charge in [0.05, 0.1) is 18.5 Å². The third-order valence-corrected chi connectivity index (χ3v) is 4.16. The zero-order chi connectivity index (χ0) is 20.7. The Morgan fingerprint density at radius 1 is 1.21 bits per heavy atom. The number of ether oxygens (including phenoxy) is 2. The number of hydrogen-bond acceptors (Lipinski definition) is 6. The summed E-state index contributed by atoms with van der Waals surface area (Å²) in [5.41, 5.74) is 3.52. The van der Waals surface area contributed by atoms with E-state index < -0.39 is 24.5 Å². The lowest BCUT2D eigenvalue weighted by molar-refractivity contribution is -0.148. The summed E-state index contributed by atoms with van der Waals surface area (Å²) in [6.07, 6.45) is 0.524. The lowest BCUT2D eigenvalue weighted by Gasteiger charge is -2.08. The molecule has 9 nitrogen and oxygen atoms in total. The number of carbonyl (C=O) groups excluding carboxylic acids is 3. The highest BCUT2D eigenvalue weighted by atomic mass is 16.5. The quantitative estimate of drug-likeness (QED) is 0.694. The summed E-state index contributed by atoms with van der Waals surface area (Å²) in [5.74, 6) is -0.490. The van der Waals surface area contributed by atoms with Crippen molar-refractivity contribution in [2.75, 3.05) is 20.8 Å². The van der Waals surface area contributed by atoms with Crippen LogP contribution in [0.4, 0.5) is 4.79 Å². The standard InChI is InChI=1S/C19H24N4O5/c1-12-16(8-9-18(25)28-11-17(24)21-19(26)20-3)13(2)23(22-12)14-6-5-7-15(10-14)27-4/h5-7,10H,8-9,11H2,1-4H3,(H2,20,21,24,26). The van der Waals surface area contributed by atoms with E-state index in [9.17, 15) is 14.4 Å². The molecule has 0 aliphatic rings. The smallest absolute Gasteiger partial charge is 0.321 e. The Morgan fingerprint density at radius 3 is 2.64 bits per heavy atom. The Labute approximate surface area is 163 Å². The number of amides is 3. The highest BCUT2D eigenvalue weighted by Gasteiger charge is 2.16. The molecule has 0 saturated heterocycles. The van der Waals surface area contributed by atoms with Crippen molar-refractivity contribution < 1.29 is 23.9 Å². The number of carbonyl (C=O) groups is 3. The van der Waals surface area contributed by atoms with Gasteiger partial charge in [0.15, 0.2) is 6.61 Å².